The fraction of sp³-hybridized carbons (Fsp3) is 0.312. The van der Waals surface area contributed by atoms with Crippen LogP contribution in [0.25, 0.3) is 0 Å². The van der Waals surface area contributed by atoms with E-state index in [-0.39, 0.29) is 5.78 Å². The lowest BCUT2D eigenvalue weighted by Gasteiger charge is -2.10. The number of rotatable bonds is 7. The summed E-state index contributed by atoms with van der Waals surface area (Å²) in [6.07, 6.45) is 0. The minimum Gasteiger partial charge on any atom is -0.383 e. The van der Waals surface area contributed by atoms with E-state index in [0.717, 1.165) is 11.5 Å². The molecule has 0 fully saturated rings. The van der Waals surface area contributed by atoms with Crippen molar-refractivity contribution >= 4 is 23.1 Å². The topological polar surface area (TPSA) is 76.1 Å². The van der Waals surface area contributed by atoms with Crippen LogP contribution in [0.4, 0.5) is 17.3 Å². The van der Waals surface area contributed by atoms with Gasteiger partial charge in [-0.25, -0.2) is 9.97 Å². The van der Waals surface area contributed by atoms with E-state index in [0.29, 0.717) is 30.4 Å². The Labute approximate surface area is 129 Å². The van der Waals surface area contributed by atoms with Crippen molar-refractivity contribution in [2.45, 2.75) is 13.8 Å². The number of Topliss-reactive ketones (excluding diaryl/α,β-unsaturated/α-hetero) is 1. The smallest absolute Gasteiger partial charge is 0.159 e. The number of benzene rings is 1. The lowest BCUT2D eigenvalue weighted by molar-refractivity contribution is 0.101. The number of aromatic nitrogens is 2. The van der Waals surface area contributed by atoms with E-state index < -0.39 is 0 Å². The average molecular weight is 300 g/mol. The van der Waals surface area contributed by atoms with Crippen LogP contribution in [0.5, 0.6) is 0 Å². The monoisotopic (exact) mass is 300 g/mol. The molecule has 0 bridgehead atoms. The molecule has 6 nitrogen and oxygen atoms in total. The highest BCUT2D eigenvalue weighted by Crippen LogP contribution is 2.18. The summed E-state index contributed by atoms with van der Waals surface area (Å²) in [6.45, 7) is 4.68. The van der Waals surface area contributed by atoms with E-state index in [9.17, 15) is 4.79 Å². The van der Waals surface area contributed by atoms with Gasteiger partial charge in [-0.2, -0.15) is 0 Å². The zero-order valence-electron chi connectivity index (χ0n) is 13.0. The van der Waals surface area contributed by atoms with E-state index in [1.165, 1.54) is 0 Å². The Hall–Kier alpha value is -2.47. The SMILES string of the molecule is COCCNc1cc(Nc2ccc(C(C)=O)cc2)nc(C)n1. The summed E-state index contributed by atoms with van der Waals surface area (Å²) < 4.78 is 5.00. The number of hydrogen-bond acceptors (Lipinski definition) is 6. The van der Waals surface area contributed by atoms with Crippen LogP contribution in [0.1, 0.15) is 23.1 Å². The molecule has 6 heteroatoms. The molecule has 0 saturated carbocycles. The number of carbonyl (C=O) groups excluding carboxylic acids is 1. The molecule has 0 spiro atoms. The van der Waals surface area contributed by atoms with Crippen molar-refractivity contribution < 1.29 is 9.53 Å². The largest absolute Gasteiger partial charge is 0.383 e. The van der Waals surface area contributed by atoms with Crippen LogP contribution in [0.15, 0.2) is 30.3 Å². The van der Waals surface area contributed by atoms with Crippen LogP contribution in [-0.4, -0.2) is 36.0 Å². The summed E-state index contributed by atoms with van der Waals surface area (Å²) in [5, 5.41) is 6.38. The first kappa shape index (κ1) is 15.9. The molecular weight excluding hydrogens is 280 g/mol. The molecule has 0 aliphatic rings. The summed E-state index contributed by atoms with van der Waals surface area (Å²) in [6, 6.07) is 9.12. The number of anilines is 3. The Kier molecular flexibility index (Phi) is 5.43. The highest BCUT2D eigenvalue weighted by Gasteiger charge is 2.03. The lowest BCUT2D eigenvalue weighted by atomic mass is 10.1. The second-order valence-corrected chi connectivity index (χ2v) is 4.86. The van der Waals surface area contributed by atoms with Crippen LogP contribution in [-0.2, 0) is 4.74 Å². The van der Waals surface area contributed by atoms with Gasteiger partial charge in [0.2, 0.25) is 0 Å². The van der Waals surface area contributed by atoms with Crippen molar-refractivity contribution in [3.8, 4) is 0 Å². The van der Waals surface area contributed by atoms with Gasteiger partial charge in [-0.1, -0.05) is 0 Å². The number of nitrogens with zero attached hydrogens (tertiary/aromatic N) is 2. The number of hydrogen-bond donors (Lipinski definition) is 2. The second-order valence-electron chi connectivity index (χ2n) is 4.86. The van der Waals surface area contributed by atoms with E-state index in [4.69, 9.17) is 4.74 Å². The molecule has 0 unspecified atom stereocenters. The van der Waals surface area contributed by atoms with Gasteiger partial charge in [-0.3, -0.25) is 4.79 Å². The number of nitrogens with one attached hydrogen (secondary N) is 2. The maximum absolute atomic E-state index is 11.3. The van der Waals surface area contributed by atoms with E-state index >= 15 is 0 Å². The first-order valence-electron chi connectivity index (χ1n) is 7.05. The molecule has 0 aliphatic heterocycles. The fourth-order valence-electron chi connectivity index (χ4n) is 1.94. The van der Waals surface area contributed by atoms with E-state index in [1.807, 2.05) is 25.1 Å². The molecule has 2 aromatic rings. The van der Waals surface area contributed by atoms with Gasteiger partial charge in [0.25, 0.3) is 0 Å². The van der Waals surface area contributed by atoms with Crippen molar-refractivity contribution in [1.82, 2.24) is 9.97 Å². The van der Waals surface area contributed by atoms with Gasteiger partial charge < -0.3 is 15.4 Å². The highest BCUT2D eigenvalue weighted by molar-refractivity contribution is 5.94. The molecule has 116 valence electrons. The van der Waals surface area contributed by atoms with Crippen molar-refractivity contribution in [3.05, 3.63) is 41.7 Å². The van der Waals surface area contributed by atoms with E-state index in [2.05, 4.69) is 20.6 Å². The first-order chi connectivity index (χ1) is 10.6. The summed E-state index contributed by atoms with van der Waals surface area (Å²) in [7, 11) is 1.66. The summed E-state index contributed by atoms with van der Waals surface area (Å²) in [5.41, 5.74) is 1.55. The number of aryl methyl sites for hydroxylation is 1. The minimum atomic E-state index is 0.0501. The van der Waals surface area contributed by atoms with Gasteiger partial charge in [0.1, 0.15) is 17.5 Å². The van der Waals surface area contributed by atoms with Gasteiger partial charge in [-0.15, -0.1) is 0 Å². The molecule has 0 atom stereocenters. The third-order valence-electron chi connectivity index (χ3n) is 3.01. The van der Waals surface area contributed by atoms with Crippen LogP contribution >= 0.6 is 0 Å². The van der Waals surface area contributed by atoms with Gasteiger partial charge in [0.05, 0.1) is 6.61 Å². The Morgan fingerprint density at radius 2 is 1.86 bits per heavy atom. The van der Waals surface area contributed by atoms with Gasteiger partial charge in [0, 0.05) is 31.0 Å². The number of ketones is 1. The van der Waals surface area contributed by atoms with Crippen LogP contribution in [0, 0.1) is 6.92 Å². The predicted octanol–water partition coefficient (Wildman–Crippen LogP) is 2.79. The quantitative estimate of drug-likeness (QED) is 0.605. The van der Waals surface area contributed by atoms with Crippen LogP contribution < -0.4 is 10.6 Å². The van der Waals surface area contributed by atoms with Gasteiger partial charge in [0.15, 0.2) is 5.78 Å². The molecule has 1 aromatic carbocycles. The zero-order chi connectivity index (χ0) is 15.9. The van der Waals surface area contributed by atoms with Crippen LogP contribution in [0.2, 0.25) is 0 Å². The zero-order valence-corrected chi connectivity index (χ0v) is 13.0. The standard InChI is InChI=1S/C16H20N4O2/c1-11(21)13-4-6-14(7-5-13)20-16-10-15(17-8-9-22-3)18-12(2)19-16/h4-7,10H,8-9H2,1-3H3,(H2,17,18,19,20). The number of carbonyl (C=O) groups is 1. The fourth-order valence-corrected chi connectivity index (χ4v) is 1.94. The summed E-state index contributed by atoms with van der Waals surface area (Å²) in [4.78, 5) is 19.9. The second kappa shape index (κ2) is 7.51. The molecule has 0 amide bonds. The number of methoxy groups -OCH3 is 1. The summed E-state index contributed by atoms with van der Waals surface area (Å²) in [5.74, 6) is 2.16. The molecule has 0 saturated heterocycles. The molecule has 2 rings (SSSR count). The average Bonchev–Trinajstić information content (AvgIpc) is 2.47. The molecule has 0 radical (unpaired) electrons. The Morgan fingerprint density at radius 3 is 2.50 bits per heavy atom. The third-order valence-corrected chi connectivity index (χ3v) is 3.01. The van der Waals surface area contributed by atoms with Gasteiger partial charge >= 0.3 is 0 Å². The summed E-state index contributed by atoms with van der Waals surface area (Å²) >= 11 is 0. The lowest BCUT2D eigenvalue weighted by Crippen LogP contribution is -2.10. The Bertz CT molecular complexity index is 641. The molecule has 0 aliphatic carbocycles. The molecule has 2 N–H and O–H groups in total. The molecule has 22 heavy (non-hydrogen) atoms. The van der Waals surface area contributed by atoms with E-state index in [1.54, 1.807) is 26.2 Å². The van der Waals surface area contributed by atoms with Crippen LogP contribution in [0.3, 0.4) is 0 Å². The Morgan fingerprint density at radius 1 is 1.18 bits per heavy atom. The highest BCUT2D eigenvalue weighted by atomic mass is 16.5. The molecule has 1 heterocycles. The maximum Gasteiger partial charge on any atom is 0.159 e. The Balaban J connectivity index is 2.09. The van der Waals surface area contributed by atoms with Gasteiger partial charge in [-0.05, 0) is 38.1 Å². The maximum atomic E-state index is 11.3. The molecular formula is C16H20N4O2. The minimum absolute atomic E-state index is 0.0501. The predicted molar refractivity (Wildman–Crippen MR) is 86.9 cm³/mol. The normalized spacial score (nSPS) is 10.3. The van der Waals surface area contributed by atoms with Crippen molar-refractivity contribution in [3.63, 3.8) is 0 Å². The number of ether oxygens (including phenoxy) is 1. The third kappa shape index (κ3) is 4.53. The van der Waals surface area contributed by atoms with Crippen molar-refractivity contribution in [2.75, 3.05) is 30.9 Å². The first-order valence-corrected chi connectivity index (χ1v) is 7.05. The van der Waals surface area contributed by atoms with Crippen molar-refractivity contribution in [2.24, 2.45) is 0 Å². The molecule has 1 aromatic heterocycles. The van der Waals surface area contributed by atoms with Crippen molar-refractivity contribution in [1.29, 1.82) is 0 Å².